The third-order valence-electron chi connectivity index (χ3n) is 2.24. The topological polar surface area (TPSA) is 75.6 Å². The van der Waals surface area contributed by atoms with Crippen molar-refractivity contribution in [3.8, 4) is 0 Å². The average Bonchev–Trinajstić information content (AvgIpc) is 2.28. The van der Waals surface area contributed by atoms with Crippen LogP contribution in [0.2, 0.25) is 0 Å². The number of rotatable bonds is 6. The van der Waals surface area contributed by atoms with Gasteiger partial charge in [0.15, 0.2) is 0 Å². The van der Waals surface area contributed by atoms with Crippen LogP contribution in [0, 0.1) is 3.57 Å². The molecule has 1 rings (SSSR count). The second-order valence-corrected chi connectivity index (χ2v) is 4.97. The van der Waals surface area contributed by atoms with E-state index in [1.807, 2.05) is 24.3 Å². The van der Waals surface area contributed by atoms with Crippen LogP contribution < -0.4 is 5.32 Å². The zero-order valence-electron chi connectivity index (χ0n) is 9.85. The Morgan fingerprint density at radius 2 is 2.22 bits per heavy atom. The van der Waals surface area contributed by atoms with Crippen molar-refractivity contribution in [1.82, 2.24) is 5.32 Å². The van der Waals surface area contributed by atoms with E-state index in [0.717, 1.165) is 9.13 Å². The Bertz CT molecular complexity index is 436. The van der Waals surface area contributed by atoms with Gasteiger partial charge in [0.05, 0.1) is 0 Å². The predicted octanol–water partition coefficient (Wildman–Crippen LogP) is 1.05. The van der Waals surface area contributed by atoms with Crippen LogP contribution in [0.5, 0.6) is 0 Å². The van der Waals surface area contributed by atoms with Crippen LogP contribution in [-0.4, -0.2) is 36.7 Å². The number of nitrogens with one attached hydrogen (secondary N) is 1. The van der Waals surface area contributed by atoms with E-state index in [2.05, 4.69) is 32.6 Å². The zero-order valence-corrected chi connectivity index (χ0v) is 12.0. The molecular formula is C12H14INO4. The molecule has 18 heavy (non-hydrogen) atoms. The molecule has 0 aliphatic rings. The third kappa shape index (κ3) is 5.01. The zero-order chi connectivity index (χ0) is 13.5. The Balaban J connectivity index is 2.69. The Kier molecular flexibility index (Phi) is 6.06. The number of carboxylic acid groups (broad SMARTS) is 1. The molecule has 1 aromatic carbocycles. The summed E-state index contributed by atoms with van der Waals surface area (Å²) in [5.41, 5.74) is 0.868. The van der Waals surface area contributed by atoms with E-state index < -0.39 is 17.9 Å². The summed E-state index contributed by atoms with van der Waals surface area (Å²) in [4.78, 5) is 22.4. The minimum absolute atomic E-state index is 0.143. The van der Waals surface area contributed by atoms with E-state index in [1.54, 1.807) is 0 Å². The molecule has 0 unspecified atom stereocenters. The highest BCUT2D eigenvalue weighted by atomic mass is 127. The molecule has 1 atom stereocenters. The molecule has 6 heteroatoms. The molecule has 1 aromatic rings. The van der Waals surface area contributed by atoms with E-state index in [-0.39, 0.29) is 13.0 Å². The molecule has 0 spiro atoms. The fourth-order valence-electron chi connectivity index (χ4n) is 1.47. The SMILES string of the molecule is COCC(=O)N[C@@H](Cc1cccc(I)c1)C(=O)O. The fraction of sp³-hybridized carbons (Fsp3) is 0.333. The van der Waals surface area contributed by atoms with Crippen LogP contribution in [0.1, 0.15) is 5.56 Å². The summed E-state index contributed by atoms with van der Waals surface area (Å²) in [6.45, 7) is -0.143. The number of carboxylic acids is 1. The summed E-state index contributed by atoms with van der Waals surface area (Å²) < 4.78 is 5.67. The van der Waals surface area contributed by atoms with Gasteiger partial charge in [-0.05, 0) is 40.3 Å². The van der Waals surface area contributed by atoms with Crippen LogP contribution in [-0.2, 0) is 20.7 Å². The van der Waals surface area contributed by atoms with Crippen LogP contribution in [0.4, 0.5) is 0 Å². The van der Waals surface area contributed by atoms with Gasteiger partial charge in [-0.25, -0.2) is 4.79 Å². The lowest BCUT2D eigenvalue weighted by Gasteiger charge is -2.14. The first-order valence-corrected chi connectivity index (χ1v) is 6.36. The molecule has 0 radical (unpaired) electrons. The summed E-state index contributed by atoms with van der Waals surface area (Å²) in [6, 6.07) is 6.56. The normalized spacial score (nSPS) is 11.9. The standard InChI is InChI=1S/C12H14INO4/c1-18-7-11(15)14-10(12(16)17)6-8-3-2-4-9(13)5-8/h2-5,10H,6-7H2,1H3,(H,14,15)(H,16,17)/t10-/m0/s1. The molecule has 0 aromatic heterocycles. The molecule has 0 heterocycles. The van der Waals surface area contributed by atoms with Gasteiger partial charge in [-0.2, -0.15) is 0 Å². The number of hydrogen-bond donors (Lipinski definition) is 2. The number of ether oxygens (including phenoxy) is 1. The van der Waals surface area contributed by atoms with Gasteiger partial charge in [0, 0.05) is 17.1 Å². The molecule has 0 bridgehead atoms. The minimum Gasteiger partial charge on any atom is -0.480 e. The molecule has 1 amide bonds. The summed E-state index contributed by atoms with van der Waals surface area (Å²) in [5, 5.41) is 11.5. The number of aliphatic carboxylic acids is 1. The van der Waals surface area contributed by atoms with Gasteiger partial charge in [-0.3, -0.25) is 4.79 Å². The number of halogens is 1. The van der Waals surface area contributed by atoms with Crippen molar-refractivity contribution in [1.29, 1.82) is 0 Å². The third-order valence-corrected chi connectivity index (χ3v) is 2.91. The summed E-state index contributed by atoms with van der Waals surface area (Å²) in [5.74, 6) is -1.49. The Morgan fingerprint density at radius 3 is 2.78 bits per heavy atom. The van der Waals surface area contributed by atoms with Gasteiger partial charge >= 0.3 is 5.97 Å². The highest BCUT2D eigenvalue weighted by molar-refractivity contribution is 14.1. The molecule has 0 fully saturated rings. The number of benzene rings is 1. The molecule has 0 saturated carbocycles. The molecule has 98 valence electrons. The van der Waals surface area contributed by atoms with E-state index in [1.165, 1.54) is 7.11 Å². The summed E-state index contributed by atoms with van der Waals surface area (Å²) >= 11 is 2.15. The monoisotopic (exact) mass is 363 g/mol. The Labute approximate surface area is 119 Å². The van der Waals surface area contributed by atoms with Gasteiger partial charge in [-0.15, -0.1) is 0 Å². The van der Waals surface area contributed by atoms with Gasteiger partial charge in [0.2, 0.25) is 5.91 Å². The number of carbonyl (C=O) groups is 2. The molecular weight excluding hydrogens is 349 g/mol. The maximum Gasteiger partial charge on any atom is 0.326 e. The van der Waals surface area contributed by atoms with Crippen molar-refractivity contribution in [2.75, 3.05) is 13.7 Å². The molecule has 0 aliphatic heterocycles. The van der Waals surface area contributed by atoms with Crippen molar-refractivity contribution in [3.05, 3.63) is 33.4 Å². The lowest BCUT2D eigenvalue weighted by molar-refractivity contribution is -0.142. The highest BCUT2D eigenvalue weighted by Crippen LogP contribution is 2.10. The molecule has 0 saturated heterocycles. The van der Waals surface area contributed by atoms with Gasteiger partial charge in [-0.1, -0.05) is 12.1 Å². The van der Waals surface area contributed by atoms with Crippen molar-refractivity contribution < 1.29 is 19.4 Å². The highest BCUT2D eigenvalue weighted by Gasteiger charge is 2.20. The van der Waals surface area contributed by atoms with Crippen LogP contribution in [0.3, 0.4) is 0 Å². The van der Waals surface area contributed by atoms with Crippen LogP contribution >= 0.6 is 22.6 Å². The van der Waals surface area contributed by atoms with Crippen LogP contribution in [0.15, 0.2) is 24.3 Å². The van der Waals surface area contributed by atoms with E-state index in [9.17, 15) is 9.59 Å². The van der Waals surface area contributed by atoms with E-state index >= 15 is 0 Å². The second kappa shape index (κ2) is 7.32. The molecule has 0 aliphatic carbocycles. The number of carbonyl (C=O) groups excluding carboxylic acids is 1. The van der Waals surface area contributed by atoms with Gasteiger partial charge in [0.1, 0.15) is 12.6 Å². The average molecular weight is 363 g/mol. The first-order valence-electron chi connectivity index (χ1n) is 5.28. The van der Waals surface area contributed by atoms with Crippen molar-refractivity contribution in [2.45, 2.75) is 12.5 Å². The number of amides is 1. The maximum atomic E-state index is 11.3. The molecule has 2 N–H and O–H groups in total. The van der Waals surface area contributed by atoms with Crippen molar-refractivity contribution in [3.63, 3.8) is 0 Å². The number of methoxy groups -OCH3 is 1. The van der Waals surface area contributed by atoms with Crippen molar-refractivity contribution in [2.24, 2.45) is 0 Å². The maximum absolute atomic E-state index is 11.3. The first kappa shape index (κ1) is 14.9. The quantitative estimate of drug-likeness (QED) is 0.741. The smallest absolute Gasteiger partial charge is 0.326 e. The van der Waals surface area contributed by atoms with Gasteiger partial charge < -0.3 is 15.2 Å². The largest absolute Gasteiger partial charge is 0.480 e. The lowest BCUT2D eigenvalue weighted by Crippen LogP contribution is -2.43. The lowest BCUT2D eigenvalue weighted by atomic mass is 10.1. The van der Waals surface area contributed by atoms with E-state index in [0.29, 0.717) is 0 Å². The minimum atomic E-state index is -1.06. The fourth-order valence-corrected chi connectivity index (χ4v) is 2.07. The van der Waals surface area contributed by atoms with Crippen molar-refractivity contribution >= 4 is 34.5 Å². The predicted molar refractivity (Wildman–Crippen MR) is 74.3 cm³/mol. The van der Waals surface area contributed by atoms with Gasteiger partial charge in [0.25, 0.3) is 0 Å². The second-order valence-electron chi connectivity index (χ2n) is 3.73. The first-order chi connectivity index (χ1) is 8.52. The number of hydrogen-bond acceptors (Lipinski definition) is 3. The Hall–Kier alpha value is -1.15. The summed E-state index contributed by atoms with van der Waals surface area (Å²) in [7, 11) is 1.38. The van der Waals surface area contributed by atoms with Crippen LogP contribution in [0.25, 0.3) is 0 Å². The van der Waals surface area contributed by atoms with E-state index in [4.69, 9.17) is 5.11 Å². The molecule has 5 nitrogen and oxygen atoms in total. The Morgan fingerprint density at radius 1 is 1.50 bits per heavy atom. The summed E-state index contributed by atoms with van der Waals surface area (Å²) in [6.07, 6.45) is 0.252.